The van der Waals surface area contributed by atoms with Crippen LogP contribution in [0.15, 0.2) is 80.7 Å². The molecule has 0 saturated carbocycles. The Balaban J connectivity index is 1.38. The Morgan fingerprint density at radius 3 is 1.94 bits per heavy atom. The van der Waals surface area contributed by atoms with E-state index in [1.165, 1.54) is 22.9 Å². The van der Waals surface area contributed by atoms with E-state index in [0.29, 0.717) is 21.5 Å². The van der Waals surface area contributed by atoms with Gasteiger partial charge in [0.1, 0.15) is 23.1 Å². The number of aromatic nitrogens is 4. The molecule has 3 heterocycles. The number of carbonyl (C=O) groups excluding carboxylic acids is 1. The molecule has 1 amide bonds. The number of thiazole rings is 1. The highest BCUT2D eigenvalue weighted by atomic mass is 32.2. The van der Waals surface area contributed by atoms with E-state index < -0.39 is 59.2 Å². The predicted octanol–water partition coefficient (Wildman–Crippen LogP) is 9.77. The molecule has 7 N–H and O–H groups in total. The van der Waals surface area contributed by atoms with Gasteiger partial charge in [0, 0.05) is 16.8 Å². The molecular formula is C46H47N11O9S4. The SMILES string of the molecule is Cc1cc(C)c(Nc2nc(Nc3c(C)cc(C)cc3C)c(C(N)=O)c(C)c2N=Nc2c(C#N)c(C(C)(C)C)nn2-c2nc3ccc(S(=O)(=O)Nc4cc(S(=O)(=O)O)ccc4OS(=O)O)cc3s2)c(C)c1. The molecule has 0 aliphatic carbocycles. The fraction of sp³-hybridized carbons (Fsp3) is 0.239. The van der Waals surface area contributed by atoms with Gasteiger partial charge in [-0.25, -0.2) is 18.4 Å². The summed E-state index contributed by atoms with van der Waals surface area (Å²) in [6.07, 6.45) is 0. The molecule has 7 rings (SSSR count). The molecule has 0 radical (unpaired) electrons. The second kappa shape index (κ2) is 19.0. The largest absolute Gasteiger partial charge is 0.378 e. The maximum Gasteiger partial charge on any atom is 0.357 e. The van der Waals surface area contributed by atoms with Gasteiger partial charge in [-0.2, -0.15) is 27.7 Å². The molecule has 0 fully saturated rings. The average molecular weight is 1030 g/mol. The molecule has 70 heavy (non-hydrogen) atoms. The number of rotatable bonds is 14. The van der Waals surface area contributed by atoms with Crippen LogP contribution in [-0.2, 0) is 36.9 Å². The topological polar surface area (TPSA) is 306 Å². The fourth-order valence-corrected chi connectivity index (χ4v) is 10.8. The molecule has 24 heteroatoms. The van der Waals surface area contributed by atoms with Gasteiger partial charge in [-0.15, -0.1) is 10.2 Å². The summed E-state index contributed by atoms with van der Waals surface area (Å²) >= 11 is -1.94. The molecule has 1 unspecified atom stereocenters. The second-order valence-corrected chi connectivity index (χ2v) is 22.2. The summed E-state index contributed by atoms with van der Waals surface area (Å²) in [5, 5.41) is 31.8. The number of benzene rings is 4. The number of sulfonamides is 1. The van der Waals surface area contributed by atoms with E-state index in [2.05, 4.69) is 26.5 Å². The maximum absolute atomic E-state index is 13.8. The molecule has 4 aromatic carbocycles. The number of nitrogens with two attached hydrogens (primary N) is 1. The highest BCUT2D eigenvalue weighted by Gasteiger charge is 2.30. The van der Waals surface area contributed by atoms with Crippen LogP contribution >= 0.6 is 11.3 Å². The number of nitriles is 1. The minimum Gasteiger partial charge on any atom is -0.378 e. The number of carbonyl (C=O) groups is 1. The average Bonchev–Trinajstić information content (AvgIpc) is 3.84. The van der Waals surface area contributed by atoms with E-state index in [0.717, 1.165) is 74.3 Å². The fourth-order valence-electron chi connectivity index (χ4n) is 7.90. The lowest BCUT2D eigenvalue weighted by Gasteiger charge is -2.20. The lowest BCUT2D eigenvalue weighted by molar-refractivity contribution is 0.1000. The van der Waals surface area contributed by atoms with Crippen molar-refractivity contribution >= 4 is 99.2 Å². The molecule has 0 aliphatic heterocycles. The smallest absolute Gasteiger partial charge is 0.357 e. The molecule has 0 aliphatic rings. The van der Waals surface area contributed by atoms with Gasteiger partial charge < -0.3 is 20.6 Å². The van der Waals surface area contributed by atoms with Gasteiger partial charge in [-0.3, -0.25) is 18.6 Å². The first kappa shape index (κ1) is 50.7. The highest BCUT2D eigenvalue weighted by Crippen LogP contribution is 2.42. The molecule has 0 spiro atoms. The van der Waals surface area contributed by atoms with Gasteiger partial charge >= 0.3 is 11.4 Å². The van der Waals surface area contributed by atoms with Gasteiger partial charge in [0.25, 0.3) is 26.0 Å². The van der Waals surface area contributed by atoms with Crippen molar-refractivity contribution in [1.82, 2.24) is 19.7 Å². The molecule has 364 valence electrons. The first-order valence-electron chi connectivity index (χ1n) is 21.0. The van der Waals surface area contributed by atoms with Crippen LogP contribution in [0.5, 0.6) is 5.75 Å². The third-order valence-corrected chi connectivity index (χ3v) is 14.5. The zero-order chi connectivity index (χ0) is 51.4. The van der Waals surface area contributed by atoms with Gasteiger partial charge in [-0.05, 0) is 113 Å². The Labute approximate surface area is 410 Å². The van der Waals surface area contributed by atoms with Crippen LogP contribution in [0.2, 0.25) is 0 Å². The number of azo groups is 1. The zero-order valence-corrected chi connectivity index (χ0v) is 42.6. The van der Waals surface area contributed by atoms with Crippen molar-refractivity contribution in [3.8, 4) is 17.0 Å². The molecule has 7 aromatic rings. The number of hydrogen-bond acceptors (Lipinski definition) is 16. The van der Waals surface area contributed by atoms with Gasteiger partial charge in [0.2, 0.25) is 5.13 Å². The summed E-state index contributed by atoms with van der Waals surface area (Å²) in [6, 6.07) is 16.6. The summed E-state index contributed by atoms with van der Waals surface area (Å²) in [7, 11) is -9.41. The third kappa shape index (κ3) is 10.4. The van der Waals surface area contributed by atoms with Gasteiger partial charge in [0.15, 0.2) is 17.4 Å². The summed E-state index contributed by atoms with van der Waals surface area (Å²) in [5.74, 6) is -0.958. The lowest BCUT2D eigenvalue weighted by Crippen LogP contribution is -2.17. The maximum atomic E-state index is 13.8. The number of fused-ring (bicyclic) bond motifs is 1. The second-order valence-electron chi connectivity index (χ2n) is 17.5. The van der Waals surface area contributed by atoms with E-state index in [-0.39, 0.29) is 44.3 Å². The summed E-state index contributed by atoms with van der Waals surface area (Å²) < 4.78 is 90.3. The standard InChI is InChI=1S/C46H47N11O9S4/c1-22-15-24(3)37(25(4)16-22)50-42-36(41(48)58)28(7)39(43(52-42)51-38-26(5)17-23(2)18-27(38)6)53-54-44-31(21-47)40(46(8,9)10)55-57(44)45-49-32-13-11-29(20-35(32)67-45)69(61,62)56-33-19-30(70(63,64)65)12-14-34(33)66-68(59)60/h11-20,56H,1-10H3,(H2,48,58)(H,59,60)(H2,50,51,52)(H,63,64,65). The van der Waals surface area contributed by atoms with Gasteiger partial charge in [0.05, 0.1) is 37.0 Å². The van der Waals surface area contributed by atoms with E-state index in [1.54, 1.807) is 6.92 Å². The predicted molar refractivity (Wildman–Crippen MR) is 268 cm³/mol. The zero-order valence-electron chi connectivity index (χ0n) is 39.4. The van der Waals surface area contributed by atoms with Crippen molar-refractivity contribution in [1.29, 1.82) is 5.26 Å². The number of amides is 1. The van der Waals surface area contributed by atoms with Crippen molar-refractivity contribution in [2.24, 2.45) is 16.0 Å². The van der Waals surface area contributed by atoms with E-state index >= 15 is 0 Å². The Morgan fingerprint density at radius 2 is 1.41 bits per heavy atom. The van der Waals surface area contributed by atoms with Crippen LogP contribution in [0, 0.1) is 59.8 Å². The number of hydrogen-bond donors (Lipinski definition) is 6. The lowest BCUT2D eigenvalue weighted by atomic mass is 9.90. The Kier molecular flexibility index (Phi) is 13.8. The monoisotopic (exact) mass is 1030 g/mol. The summed E-state index contributed by atoms with van der Waals surface area (Å²) in [5.41, 5.74) is 13.2. The Hall–Kier alpha value is -7.14. The number of primary amides is 1. The van der Waals surface area contributed by atoms with Crippen LogP contribution in [0.1, 0.15) is 81.3 Å². The molecule has 3 aromatic heterocycles. The molecule has 0 saturated heterocycles. The minimum absolute atomic E-state index is 0.0460. The van der Waals surface area contributed by atoms with Crippen LogP contribution in [-0.4, -0.2) is 55.8 Å². The molecule has 20 nitrogen and oxygen atoms in total. The Bertz CT molecular complexity index is 3600. The first-order valence-corrected chi connectivity index (χ1v) is 25.8. The van der Waals surface area contributed by atoms with Crippen molar-refractivity contribution in [3.05, 3.63) is 116 Å². The number of nitrogens with one attached hydrogen (secondary N) is 3. The quantitative estimate of drug-likeness (QED) is 0.0335. The number of pyridine rings is 1. The van der Waals surface area contributed by atoms with E-state index in [9.17, 15) is 40.2 Å². The van der Waals surface area contributed by atoms with Crippen molar-refractivity contribution in [2.75, 3.05) is 15.4 Å². The van der Waals surface area contributed by atoms with E-state index in [4.69, 9.17) is 30.1 Å². The van der Waals surface area contributed by atoms with E-state index in [1.807, 2.05) is 86.6 Å². The normalized spacial score (nSPS) is 12.6. The number of nitrogens with zero attached hydrogens (tertiary/aromatic N) is 7. The summed E-state index contributed by atoms with van der Waals surface area (Å²) in [6.45, 7) is 19.0. The van der Waals surface area contributed by atoms with Crippen molar-refractivity contribution in [3.63, 3.8) is 0 Å². The number of anilines is 5. The minimum atomic E-state index is -4.83. The van der Waals surface area contributed by atoms with Crippen LogP contribution in [0.25, 0.3) is 15.3 Å². The van der Waals surface area contributed by atoms with Crippen LogP contribution in [0.3, 0.4) is 0 Å². The molecular weight excluding hydrogens is 979 g/mol. The Morgan fingerprint density at radius 1 is 0.843 bits per heavy atom. The van der Waals surface area contributed by atoms with Crippen molar-refractivity contribution < 1.29 is 39.1 Å². The first-order chi connectivity index (χ1) is 32.7. The highest BCUT2D eigenvalue weighted by molar-refractivity contribution is 7.92. The van der Waals surface area contributed by atoms with Gasteiger partial charge in [-0.1, -0.05) is 67.5 Å². The molecule has 1 atom stereocenters. The number of aryl methyl sites for hydroxylation is 6. The van der Waals surface area contributed by atoms with Crippen LogP contribution < -0.4 is 25.3 Å². The molecule has 0 bridgehead atoms. The summed E-state index contributed by atoms with van der Waals surface area (Å²) in [4.78, 5) is 22.0. The van der Waals surface area contributed by atoms with Crippen LogP contribution in [0.4, 0.5) is 40.2 Å². The van der Waals surface area contributed by atoms with Crippen molar-refractivity contribution in [2.45, 2.75) is 84.4 Å². The third-order valence-electron chi connectivity index (χ3n) is 10.9.